The van der Waals surface area contributed by atoms with Gasteiger partial charge in [0.25, 0.3) is 5.91 Å². The molecule has 0 aromatic heterocycles. The van der Waals surface area contributed by atoms with Crippen LogP contribution in [0.3, 0.4) is 0 Å². The zero-order valence-electron chi connectivity index (χ0n) is 14.3. The second-order valence-electron chi connectivity index (χ2n) is 6.50. The van der Waals surface area contributed by atoms with Crippen LogP contribution >= 0.6 is 0 Å². The second kappa shape index (κ2) is 6.29. The van der Waals surface area contributed by atoms with E-state index in [2.05, 4.69) is 5.32 Å². The lowest BCUT2D eigenvalue weighted by atomic mass is 9.96. The van der Waals surface area contributed by atoms with Gasteiger partial charge in [-0.3, -0.25) is 9.69 Å². The number of benzene rings is 2. The molecular formula is C20H18FN3O2. The Morgan fingerprint density at radius 3 is 2.46 bits per heavy atom. The van der Waals surface area contributed by atoms with Gasteiger partial charge < -0.3 is 10.2 Å². The summed E-state index contributed by atoms with van der Waals surface area (Å²) in [7, 11) is 1.66. The van der Waals surface area contributed by atoms with Crippen LogP contribution in [0.1, 0.15) is 17.2 Å². The summed E-state index contributed by atoms with van der Waals surface area (Å²) in [5.41, 5.74) is 2.97. The Labute approximate surface area is 150 Å². The zero-order chi connectivity index (χ0) is 18.3. The Bertz CT molecular complexity index is 893. The van der Waals surface area contributed by atoms with Crippen molar-refractivity contribution in [1.82, 2.24) is 15.1 Å². The third kappa shape index (κ3) is 2.73. The van der Waals surface area contributed by atoms with Crippen LogP contribution in [0.2, 0.25) is 0 Å². The first kappa shape index (κ1) is 16.3. The Morgan fingerprint density at radius 1 is 1.08 bits per heavy atom. The van der Waals surface area contributed by atoms with Crippen LogP contribution in [0.5, 0.6) is 0 Å². The average Bonchev–Trinajstić information content (AvgIpc) is 2.97. The lowest BCUT2D eigenvalue weighted by molar-refractivity contribution is -0.126. The highest BCUT2D eigenvalue weighted by Gasteiger charge is 2.42. The molecule has 0 aliphatic carbocycles. The SMILES string of the molecule is CN1C(=O)N[C@@H](c2ccc(F)cc2)C2=C1CN(Cc1ccccc1)C2=O. The van der Waals surface area contributed by atoms with Gasteiger partial charge in [0, 0.05) is 13.6 Å². The number of likely N-dealkylation sites (N-methyl/N-ethyl adjacent to an activating group) is 1. The van der Waals surface area contributed by atoms with Crippen LogP contribution in [0.4, 0.5) is 9.18 Å². The van der Waals surface area contributed by atoms with Crippen molar-refractivity contribution in [2.75, 3.05) is 13.6 Å². The first-order valence-corrected chi connectivity index (χ1v) is 8.40. The summed E-state index contributed by atoms with van der Waals surface area (Å²) in [6.07, 6.45) is 0. The van der Waals surface area contributed by atoms with Crippen molar-refractivity contribution in [3.05, 3.63) is 82.8 Å². The minimum atomic E-state index is -0.567. The van der Waals surface area contributed by atoms with Gasteiger partial charge in [-0.25, -0.2) is 9.18 Å². The molecule has 1 N–H and O–H groups in total. The average molecular weight is 351 g/mol. The number of amides is 3. The number of halogens is 1. The van der Waals surface area contributed by atoms with Crippen molar-refractivity contribution < 1.29 is 14.0 Å². The van der Waals surface area contributed by atoms with Crippen molar-refractivity contribution in [3.63, 3.8) is 0 Å². The minimum absolute atomic E-state index is 0.106. The predicted octanol–water partition coefficient (Wildman–Crippen LogP) is 2.82. The van der Waals surface area contributed by atoms with Gasteiger partial charge in [-0.15, -0.1) is 0 Å². The normalized spacial score (nSPS) is 19.7. The maximum absolute atomic E-state index is 13.3. The molecule has 5 nitrogen and oxygen atoms in total. The molecule has 2 heterocycles. The highest BCUT2D eigenvalue weighted by atomic mass is 19.1. The summed E-state index contributed by atoms with van der Waals surface area (Å²) in [5.74, 6) is -0.462. The van der Waals surface area contributed by atoms with Crippen LogP contribution in [0.25, 0.3) is 0 Å². The van der Waals surface area contributed by atoms with Crippen molar-refractivity contribution in [2.24, 2.45) is 0 Å². The lowest BCUT2D eigenvalue weighted by Gasteiger charge is -2.31. The molecule has 0 unspecified atom stereocenters. The highest BCUT2D eigenvalue weighted by molar-refractivity contribution is 6.01. The molecule has 2 aromatic carbocycles. The van der Waals surface area contributed by atoms with Gasteiger partial charge in [0.05, 0.1) is 23.9 Å². The second-order valence-corrected chi connectivity index (χ2v) is 6.50. The van der Waals surface area contributed by atoms with E-state index in [1.165, 1.54) is 17.0 Å². The summed E-state index contributed by atoms with van der Waals surface area (Å²) in [6, 6.07) is 14.8. The first-order valence-electron chi connectivity index (χ1n) is 8.40. The molecule has 2 aromatic rings. The quantitative estimate of drug-likeness (QED) is 0.925. The van der Waals surface area contributed by atoms with E-state index in [1.54, 1.807) is 24.1 Å². The number of hydrogen-bond acceptors (Lipinski definition) is 2. The lowest BCUT2D eigenvalue weighted by Crippen LogP contribution is -2.45. The standard InChI is InChI=1S/C20H18FN3O2/c1-23-16-12-24(11-13-5-3-2-4-6-13)19(25)17(16)18(22-20(23)26)14-7-9-15(21)10-8-14/h2-10,18H,11-12H2,1H3,(H,22,26)/t18-/m0/s1. The summed E-state index contributed by atoms with van der Waals surface area (Å²) in [5, 5.41) is 2.85. The molecule has 3 amide bonds. The molecule has 2 aliphatic rings. The smallest absolute Gasteiger partial charge is 0.322 e. The van der Waals surface area contributed by atoms with E-state index >= 15 is 0 Å². The molecule has 0 spiro atoms. The molecule has 1 atom stereocenters. The third-order valence-corrected chi connectivity index (χ3v) is 4.85. The molecule has 0 radical (unpaired) electrons. The van der Waals surface area contributed by atoms with E-state index in [0.29, 0.717) is 29.9 Å². The fraction of sp³-hybridized carbons (Fsp3) is 0.200. The summed E-state index contributed by atoms with van der Waals surface area (Å²) >= 11 is 0. The molecule has 0 bridgehead atoms. The van der Waals surface area contributed by atoms with Crippen molar-refractivity contribution in [1.29, 1.82) is 0 Å². The molecule has 0 fully saturated rings. The van der Waals surface area contributed by atoms with E-state index in [-0.39, 0.29) is 17.8 Å². The third-order valence-electron chi connectivity index (χ3n) is 4.85. The Kier molecular flexibility index (Phi) is 3.95. The highest BCUT2D eigenvalue weighted by Crippen LogP contribution is 2.36. The molecule has 2 aliphatic heterocycles. The summed E-state index contributed by atoms with van der Waals surface area (Å²) in [6.45, 7) is 0.857. The van der Waals surface area contributed by atoms with Crippen LogP contribution in [-0.4, -0.2) is 35.3 Å². The number of nitrogens with one attached hydrogen (secondary N) is 1. The van der Waals surface area contributed by atoms with E-state index in [9.17, 15) is 14.0 Å². The van der Waals surface area contributed by atoms with Gasteiger partial charge in [-0.05, 0) is 23.3 Å². The van der Waals surface area contributed by atoms with Gasteiger partial charge in [0.1, 0.15) is 5.82 Å². The van der Waals surface area contributed by atoms with Crippen molar-refractivity contribution in [3.8, 4) is 0 Å². The van der Waals surface area contributed by atoms with Crippen molar-refractivity contribution in [2.45, 2.75) is 12.6 Å². The summed E-state index contributed by atoms with van der Waals surface area (Å²) in [4.78, 5) is 28.6. The largest absolute Gasteiger partial charge is 0.329 e. The van der Waals surface area contributed by atoms with Gasteiger partial charge in [-0.2, -0.15) is 0 Å². The molecule has 4 rings (SSSR count). The fourth-order valence-corrected chi connectivity index (χ4v) is 3.46. The number of nitrogens with zero attached hydrogens (tertiary/aromatic N) is 2. The minimum Gasteiger partial charge on any atom is -0.329 e. The number of rotatable bonds is 3. The molecule has 6 heteroatoms. The number of hydrogen-bond donors (Lipinski definition) is 1. The molecule has 0 saturated heterocycles. The van der Waals surface area contributed by atoms with Crippen LogP contribution in [0.15, 0.2) is 65.9 Å². The van der Waals surface area contributed by atoms with Gasteiger partial charge in [0.15, 0.2) is 0 Å². The molecule has 132 valence electrons. The molecule has 26 heavy (non-hydrogen) atoms. The van der Waals surface area contributed by atoms with Gasteiger partial charge in [-0.1, -0.05) is 42.5 Å². The van der Waals surface area contributed by atoms with Crippen LogP contribution < -0.4 is 5.32 Å². The summed E-state index contributed by atoms with van der Waals surface area (Å²) < 4.78 is 13.3. The van der Waals surface area contributed by atoms with E-state index in [0.717, 1.165) is 5.56 Å². The van der Waals surface area contributed by atoms with E-state index in [1.807, 2.05) is 30.3 Å². The van der Waals surface area contributed by atoms with Crippen LogP contribution in [0, 0.1) is 5.82 Å². The Morgan fingerprint density at radius 2 is 1.77 bits per heavy atom. The topological polar surface area (TPSA) is 52.7 Å². The Hall–Kier alpha value is -3.15. The zero-order valence-corrected chi connectivity index (χ0v) is 14.3. The van der Waals surface area contributed by atoms with E-state index < -0.39 is 6.04 Å². The van der Waals surface area contributed by atoms with E-state index in [4.69, 9.17) is 0 Å². The maximum atomic E-state index is 13.3. The number of urea groups is 1. The first-order chi connectivity index (χ1) is 12.5. The Balaban J connectivity index is 1.67. The maximum Gasteiger partial charge on any atom is 0.322 e. The van der Waals surface area contributed by atoms with Gasteiger partial charge >= 0.3 is 6.03 Å². The number of carbonyl (C=O) groups is 2. The number of carbonyl (C=O) groups excluding carboxylic acids is 2. The molecular weight excluding hydrogens is 333 g/mol. The monoisotopic (exact) mass is 351 g/mol. The van der Waals surface area contributed by atoms with Crippen molar-refractivity contribution >= 4 is 11.9 Å². The van der Waals surface area contributed by atoms with Crippen LogP contribution in [-0.2, 0) is 11.3 Å². The molecule has 0 saturated carbocycles. The van der Waals surface area contributed by atoms with Gasteiger partial charge in [0.2, 0.25) is 0 Å². The predicted molar refractivity (Wildman–Crippen MR) is 94.3 cm³/mol. The fourth-order valence-electron chi connectivity index (χ4n) is 3.46.